The number of nitrogens with one attached hydrogen (secondary N) is 1. The standard InChI is InChI=1S/C16H29N3O2/c1-11-6-5-7-12(2)19(11)16(21)13(3)18(4)10-15(20)17-14-8-9-14/h11-14H,5-10H2,1-4H3,(H,17,20)/t11-,12-,13+/m0/s1. The molecule has 1 aliphatic heterocycles. The molecule has 0 spiro atoms. The summed E-state index contributed by atoms with van der Waals surface area (Å²) in [4.78, 5) is 28.5. The van der Waals surface area contributed by atoms with Crippen LogP contribution in [0, 0.1) is 0 Å². The first-order valence-electron chi connectivity index (χ1n) is 8.22. The normalized spacial score (nSPS) is 27.6. The fourth-order valence-electron chi connectivity index (χ4n) is 3.12. The molecule has 0 radical (unpaired) electrons. The predicted octanol–water partition coefficient (Wildman–Crippen LogP) is 1.37. The quantitative estimate of drug-likeness (QED) is 0.833. The molecule has 2 aliphatic rings. The van der Waals surface area contributed by atoms with E-state index in [1.165, 1.54) is 6.42 Å². The summed E-state index contributed by atoms with van der Waals surface area (Å²) >= 11 is 0. The number of likely N-dealkylation sites (tertiary alicyclic amines) is 1. The number of amides is 2. The van der Waals surface area contributed by atoms with Gasteiger partial charge in [0.1, 0.15) is 0 Å². The van der Waals surface area contributed by atoms with Gasteiger partial charge in [0.25, 0.3) is 0 Å². The lowest BCUT2D eigenvalue weighted by molar-refractivity contribution is -0.142. The molecule has 5 nitrogen and oxygen atoms in total. The zero-order chi connectivity index (χ0) is 15.6. The molecule has 0 aromatic rings. The van der Waals surface area contributed by atoms with Gasteiger partial charge < -0.3 is 10.2 Å². The van der Waals surface area contributed by atoms with E-state index in [2.05, 4.69) is 19.2 Å². The summed E-state index contributed by atoms with van der Waals surface area (Å²) in [6.45, 7) is 6.45. The molecule has 2 rings (SSSR count). The van der Waals surface area contributed by atoms with Crippen molar-refractivity contribution in [3.8, 4) is 0 Å². The number of hydrogen-bond donors (Lipinski definition) is 1. The van der Waals surface area contributed by atoms with Crippen LogP contribution in [0.15, 0.2) is 0 Å². The predicted molar refractivity (Wildman–Crippen MR) is 82.9 cm³/mol. The molecule has 1 aliphatic carbocycles. The van der Waals surface area contributed by atoms with E-state index in [0.717, 1.165) is 25.7 Å². The molecular formula is C16H29N3O2. The van der Waals surface area contributed by atoms with Crippen LogP contribution in [0.5, 0.6) is 0 Å². The molecule has 1 saturated carbocycles. The molecule has 120 valence electrons. The van der Waals surface area contributed by atoms with Crippen LogP contribution in [0.25, 0.3) is 0 Å². The van der Waals surface area contributed by atoms with Gasteiger partial charge in [-0.2, -0.15) is 0 Å². The SMILES string of the molecule is C[C@H](C(=O)N1[C@@H](C)CCC[C@@H]1C)N(C)CC(=O)NC1CC1. The number of nitrogens with zero attached hydrogens (tertiary/aromatic N) is 2. The number of piperidine rings is 1. The minimum atomic E-state index is -0.252. The van der Waals surface area contributed by atoms with Crippen molar-refractivity contribution < 1.29 is 9.59 Å². The average Bonchev–Trinajstić information content (AvgIpc) is 3.21. The number of hydrogen-bond acceptors (Lipinski definition) is 3. The van der Waals surface area contributed by atoms with Gasteiger partial charge in [-0.1, -0.05) is 0 Å². The second-order valence-electron chi connectivity index (χ2n) is 6.81. The Morgan fingerprint density at radius 2 is 1.76 bits per heavy atom. The van der Waals surface area contributed by atoms with Crippen LogP contribution in [0.1, 0.15) is 52.9 Å². The van der Waals surface area contributed by atoms with E-state index < -0.39 is 0 Å². The molecule has 5 heteroatoms. The third-order valence-electron chi connectivity index (χ3n) is 4.80. The molecule has 2 amide bonds. The highest BCUT2D eigenvalue weighted by Crippen LogP contribution is 2.24. The van der Waals surface area contributed by atoms with Crippen LogP contribution < -0.4 is 5.32 Å². The van der Waals surface area contributed by atoms with Gasteiger partial charge in [-0.15, -0.1) is 0 Å². The number of rotatable bonds is 5. The Bertz CT molecular complexity index is 385. The monoisotopic (exact) mass is 295 g/mol. The highest BCUT2D eigenvalue weighted by Gasteiger charge is 2.33. The van der Waals surface area contributed by atoms with Crippen LogP contribution in [0.4, 0.5) is 0 Å². The lowest BCUT2D eigenvalue weighted by atomic mass is 9.96. The van der Waals surface area contributed by atoms with Gasteiger partial charge in [-0.3, -0.25) is 14.5 Å². The van der Waals surface area contributed by atoms with Crippen LogP contribution >= 0.6 is 0 Å². The number of carbonyl (C=O) groups excluding carboxylic acids is 2. The number of carbonyl (C=O) groups is 2. The third-order valence-corrected chi connectivity index (χ3v) is 4.80. The highest BCUT2D eigenvalue weighted by molar-refractivity contribution is 5.84. The van der Waals surface area contributed by atoms with Gasteiger partial charge >= 0.3 is 0 Å². The van der Waals surface area contributed by atoms with Crippen molar-refractivity contribution in [1.29, 1.82) is 0 Å². The van der Waals surface area contributed by atoms with Crippen molar-refractivity contribution in [2.45, 2.75) is 77.0 Å². The van der Waals surface area contributed by atoms with E-state index in [1.54, 1.807) is 0 Å². The molecule has 21 heavy (non-hydrogen) atoms. The van der Waals surface area contributed by atoms with Gasteiger partial charge in [0.2, 0.25) is 11.8 Å². The molecular weight excluding hydrogens is 266 g/mol. The fourth-order valence-corrected chi connectivity index (χ4v) is 3.12. The molecule has 0 unspecified atom stereocenters. The summed E-state index contributed by atoms with van der Waals surface area (Å²) in [6.07, 6.45) is 5.53. The zero-order valence-electron chi connectivity index (χ0n) is 13.8. The molecule has 1 heterocycles. The highest BCUT2D eigenvalue weighted by atomic mass is 16.2. The zero-order valence-corrected chi connectivity index (χ0v) is 13.8. The average molecular weight is 295 g/mol. The maximum absolute atomic E-state index is 12.7. The van der Waals surface area contributed by atoms with Crippen LogP contribution in [-0.2, 0) is 9.59 Å². The summed E-state index contributed by atoms with van der Waals surface area (Å²) in [5, 5.41) is 2.97. The van der Waals surface area contributed by atoms with E-state index in [0.29, 0.717) is 24.7 Å². The summed E-state index contributed by atoms with van der Waals surface area (Å²) in [5.41, 5.74) is 0. The third kappa shape index (κ3) is 4.19. The molecule has 0 aromatic heterocycles. The Morgan fingerprint density at radius 3 is 2.29 bits per heavy atom. The summed E-state index contributed by atoms with van der Waals surface area (Å²) in [5.74, 6) is 0.177. The fraction of sp³-hybridized carbons (Fsp3) is 0.875. The van der Waals surface area contributed by atoms with Crippen molar-refractivity contribution in [2.24, 2.45) is 0 Å². The minimum Gasteiger partial charge on any atom is -0.352 e. The van der Waals surface area contributed by atoms with Crippen molar-refractivity contribution in [3.63, 3.8) is 0 Å². The smallest absolute Gasteiger partial charge is 0.240 e. The van der Waals surface area contributed by atoms with E-state index in [-0.39, 0.29) is 17.9 Å². The van der Waals surface area contributed by atoms with Crippen LogP contribution in [0.3, 0.4) is 0 Å². The lowest BCUT2D eigenvalue weighted by Gasteiger charge is -2.41. The lowest BCUT2D eigenvalue weighted by Crippen LogP contribution is -2.55. The Labute approximate surface area is 128 Å². The Balaban J connectivity index is 1.88. The van der Waals surface area contributed by atoms with E-state index in [9.17, 15) is 9.59 Å². The van der Waals surface area contributed by atoms with Gasteiger partial charge in [0, 0.05) is 18.1 Å². The second-order valence-corrected chi connectivity index (χ2v) is 6.81. The van der Waals surface area contributed by atoms with Crippen molar-refractivity contribution >= 4 is 11.8 Å². The van der Waals surface area contributed by atoms with Gasteiger partial charge in [0.05, 0.1) is 12.6 Å². The summed E-state index contributed by atoms with van der Waals surface area (Å²) in [6, 6.07) is 0.729. The van der Waals surface area contributed by atoms with Crippen LogP contribution in [0.2, 0.25) is 0 Å². The van der Waals surface area contributed by atoms with Crippen molar-refractivity contribution in [3.05, 3.63) is 0 Å². The van der Waals surface area contributed by atoms with E-state index >= 15 is 0 Å². The van der Waals surface area contributed by atoms with Gasteiger partial charge in [-0.25, -0.2) is 0 Å². The largest absolute Gasteiger partial charge is 0.352 e. The minimum absolute atomic E-state index is 0.0272. The maximum Gasteiger partial charge on any atom is 0.240 e. The second kappa shape index (κ2) is 6.77. The van der Waals surface area contributed by atoms with E-state index in [1.807, 2.05) is 23.8 Å². The molecule has 0 aromatic carbocycles. The first-order chi connectivity index (χ1) is 9.90. The summed E-state index contributed by atoms with van der Waals surface area (Å²) < 4.78 is 0. The van der Waals surface area contributed by atoms with Gasteiger partial charge in [-0.05, 0) is 59.9 Å². The molecule has 2 fully saturated rings. The first-order valence-corrected chi connectivity index (χ1v) is 8.22. The Hall–Kier alpha value is -1.10. The summed E-state index contributed by atoms with van der Waals surface area (Å²) in [7, 11) is 1.86. The molecule has 3 atom stereocenters. The molecule has 1 saturated heterocycles. The first kappa shape index (κ1) is 16.3. The Kier molecular flexibility index (Phi) is 5.25. The topological polar surface area (TPSA) is 52.7 Å². The molecule has 0 bridgehead atoms. The number of likely N-dealkylation sites (N-methyl/N-ethyl adjacent to an activating group) is 1. The molecule has 1 N–H and O–H groups in total. The van der Waals surface area contributed by atoms with Crippen molar-refractivity contribution in [1.82, 2.24) is 15.1 Å². The van der Waals surface area contributed by atoms with Crippen molar-refractivity contribution in [2.75, 3.05) is 13.6 Å². The Morgan fingerprint density at radius 1 is 1.19 bits per heavy atom. The van der Waals surface area contributed by atoms with Gasteiger partial charge in [0.15, 0.2) is 0 Å². The maximum atomic E-state index is 12.7. The van der Waals surface area contributed by atoms with Crippen LogP contribution in [-0.4, -0.2) is 59.4 Å². The van der Waals surface area contributed by atoms with E-state index in [4.69, 9.17) is 0 Å².